The van der Waals surface area contributed by atoms with E-state index in [0.717, 1.165) is 49.8 Å². The summed E-state index contributed by atoms with van der Waals surface area (Å²) in [4.78, 5) is 6.36. The molecule has 2 aromatic heterocycles. The Kier molecular flexibility index (Phi) is 5.54. The Morgan fingerprint density at radius 2 is 1.82 bits per heavy atom. The number of halogens is 4. The molecule has 0 aliphatic carbocycles. The van der Waals surface area contributed by atoms with E-state index in [2.05, 4.69) is 16.0 Å². The molecule has 8 heteroatoms. The fourth-order valence-corrected chi connectivity index (χ4v) is 4.31. The minimum Gasteiger partial charge on any atom is -0.336 e. The minimum absolute atomic E-state index is 0.361. The van der Waals surface area contributed by atoms with E-state index in [-0.39, 0.29) is 5.82 Å². The highest BCUT2D eigenvalue weighted by Gasteiger charge is 2.31. The van der Waals surface area contributed by atoms with Gasteiger partial charge in [0.15, 0.2) is 0 Å². The summed E-state index contributed by atoms with van der Waals surface area (Å²) >= 11 is 0. The fourth-order valence-electron chi connectivity index (χ4n) is 4.31. The lowest BCUT2D eigenvalue weighted by Gasteiger charge is -2.26. The third-order valence-corrected chi connectivity index (χ3v) is 6.11. The number of nitrogens with zero attached hydrogens (tertiary/aromatic N) is 4. The number of hydrogen-bond acceptors (Lipinski definition) is 2. The molecule has 0 saturated heterocycles. The van der Waals surface area contributed by atoms with Crippen LogP contribution in [0.25, 0.3) is 22.2 Å². The van der Waals surface area contributed by atoms with Gasteiger partial charge in [0.25, 0.3) is 0 Å². The molecular weight excluding hydrogens is 432 g/mol. The van der Waals surface area contributed by atoms with Gasteiger partial charge < -0.3 is 9.13 Å². The topological polar surface area (TPSA) is 26.0 Å². The van der Waals surface area contributed by atoms with E-state index < -0.39 is 11.7 Å². The summed E-state index contributed by atoms with van der Waals surface area (Å²) in [6.45, 7) is 3.26. The number of alkyl halides is 3. The average molecular weight is 454 g/mol. The van der Waals surface area contributed by atoms with E-state index in [1.807, 2.05) is 21.5 Å². The van der Waals surface area contributed by atoms with Crippen LogP contribution >= 0.6 is 0 Å². The van der Waals surface area contributed by atoms with Crippen molar-refractivity contribution in [3.8, 4) is 5.69 Å². The summed E-state index contributed by atoms with van der Waals surface area (Å²) in [5, 5.41) is 0.548. The Morgan fingerprint density at radius 3 is 2.48 bits per heavy atom. The van der Waals surface area contributed by atoms with Crippen LogP contribution in [0.4, 0.5) is 17.6 Å². The van der Waals surface area contributed by atoms with Crippen molar-refractivity contribution in [1.29, 1.82) is 0 Å². The van der Waals surface area contributed by atoms with Crippen LogP contribution in [0.1, 0.15) is 17.5 Å². The molecule has 0 unspecified atom stereocenters. The van der Waals surface area contributed by atoms with Gasteiger partial charge in [0.05, 0.1) is 17.4 Å². The molecule has 0 spiro atoms. The second-order valence-electron chi connectivity index (χ2n) is 8.20. The van der Waals surface area contributed by atoms with Crippen molar-refractivity contribution in [2.45, 2.75) is 19.1 Å². The Labute approximate surface area is 188 Å². The maximum atomic E-state index is 13.4. The van der Waals surface area contributed by atoms with E-state index in [9.17, 15) is 17.6 Å². The highest BCUT2D eigenvalue weighted by Crippen LogP contribution is 2.37. The van der Waals surface area contributed by atoms with Crippen molar-refractivity contribution < 1.29 is 17.6 Å². The molecule has 33 heavy (non-hydrogen) atoms. The van der Waals surface area contributed by atoms with Crippen LogP contribution < -0.4 is 0 Å². The molecular formula is C25H22F4N4. The summed E-state index contributed by atoms with van der Waals surface area (Å²) in [5.41, 5.74) is 2.50. The van der Waals surface area contributed by atoms with Gasteiger partial charge >= 0.3 is 6.18 Å². The lowest BCUT2D eigenvalue weighted by Crippen LogP contribution is -2.31. The molecule has 0 atom stereocenters. The standard InChI is InChI=1S/C25H22F4N4/c26-20-2-4-21(5-3-20)33-16-23(22-15-19(25(27,28)29)1-6-24(22)33)18-7-10-31(11-8-18)13-14-32-12-9-30-17-32/h1-7,9,12,15-17H,8,10-11,13-14H2. The van der Waals surface area contributed by atoms with Gasteiger partial charge in [-0.25, -0.2) is 9.37 Å². The van der Waals surface area contributed by atoms with Gasteiger partial charge in [-0.1, -0.05) is 6.08 Å². The molecule has 4 nitrogen and oxygen atoms in total. The third-order valence-electron chi connectivity index (χ3n) is 6.11. The number of fused-ring (bicyclic) bond motifs is 1. The zero-order chi connectivity index (χ0) is 23.0. The molecule has 170 valence electrons. The predicted octanol–water partition coefficient (Wildman–Crippen LogP) is 5.77. The third kappa shape index (κ3) is 4.43. The zero-order valence-electron chi connectivity index (χ0n) is 17.8. The highest BCUT2D eigenvalue weighted by atomic mass is 19.4. The SMILES string of the molecule is Fc1ccc(-n2cc(C3=CCN(CCn4ccnc4)CC3)c3cc(C(F)(F)F)ccc32)cc1. The summed E-state index contributed by atoms with van der Waals surface area (Å²) in [7, 11) is 0. The smallest absolute Gasteiger partial charge is 0.336 e. The van der Waals surface area contributed by atoms with Crippen molar-refractivity contribution in [3.63, 3.8) is 0 Å². The molecule has 2 aromatic carbocycles. The zero-order valence-corrected chi connectivity index (χ0v) is 17.8. The van der Waals surface area contributed by atoms with Crippen LogP contribution in [0.2, 0.25) is 0 Å². The van der Waals surface area contributed by atoms with Crippen molar-refractivity contribution in [3.05, 3.63) is 90.4 Å². The lowest BCUT2D eigenvalue weighted by molar-refractivity contribution is -0.137. The van der Waals surface area contributed by atoms with Crippen molar-refractivity contribution in [2.24, 2.45) is 0 Å². The summed E-state index contributed by atoms with van der Waals surface area (Å²) in [6.07, 6.45) is 5.74. The van der Waals surface area contributed by atoms with E-state index in [1.165, 1.54) is 24.3 Å². The second-order valence-corrected chi connectivity index (χ2v) is 8.20. The van der Waals surface area contributed by atoms with Gasteiger partial charge in [0.1, 0.15) is 5.82 Å². The number of imidazole rings is 1. The van der Waals surface area contributed by atoms with E-state index in [1.54, 1.807) is 24.7 Å². The number of rotatable bonds is 5. The Balaban J connectivity index is 1.49. The molecule has 0 fully saturated rings. The molecule has 0 radical (unpaired) electrons. The quantitative estimate of drug-likeness (QED) is 0.358. The van der Waals surface area contributed by atoms with Crippen molar-refractivity contribution >= 4 is 16.5 Å². The van der Waals surface area contributed by atoms with Crippen molar-refractivity contribution in [1.82, 2.24) is 19.0 Å². The summed E-state index contributed by atoms with van der Waals surface area (Å²) in [5.74, 6) is -0.361. The van der Waals surface area contributed by atoms with Crippen LogP contribution in [-0.2, 0) is 12.7 Å². The first-order valence-corrected chi connectivity index (χ1v) is 10.7. The first-order valence-electron chi connectivity index (χ1n) is 10.7. The summed E-state index contributed by atoms with van der Waals surface area (Å²) < 4.78 is 57.6. The molecule has 0 N–H and O–H groups in total. The van der Waals surface area contributed by atoms with Crippen LogP contribution in [0.15, 0.2) is 73.5 Å². The van der Waals surface area contributed by atoms with Crippen molar-refractivity contribution in [2.75, 3.05) is 19.6 Å². The molecule has 4 aromatic rings. The Bertz CT molecular complexity index is 1280. The fraction of sp³-hybridized carbons (Fsp3) is 0.240. The molecule has 3 heterocycles. The van der Waals surface area contributed by atoms with E-state index in [4.69, 9.17) is 0 Å². The molecule has 1 aliphatic heterocycles. The molecule has 0 amide bonds. The molecule has 1 aliphatic rings. The maximum absolute atomic E-state index is 13.4. The van der Waals surface area contributed by atoms with Crippen LogP contribution in [0.5, 0.6) is 0 Å². The maximum Gasteiger partial charge on any atom is 0.416 e. The molecule has 5 rings (SSSR count). The largest absolute Gasteiger partial charge is 0.416 e. The van der Waals surface area contributed by atoms with Gasteiger partial charge in [-0.2, -0.15) is 13.2 Å². The van der Waals surface area contributed by atoms with Gasteiger partial charge in [-0.05, 0) is 54.5 Å². The van der Waals surface area contributed by atoms with Gasteiger partial charge in [0, 0.05) is 61.4 Å². The number of aromatic nitrogens is 3. The van der Waals surface area contributed by atoms with Gasteiger partial charge in [-0.3, -0.25) is 4.90 Å². The normalized spacial score (nSPS) is 15.2. The minimum atomic E-state index is -4.42. The highest BCUT2D eigenvalue weighted by molar-refractivity contribution is 5.95. The number of hydrogen-bond donors (Lipinski definition) is 0. The first-order chi connectivity index (χ1) is 15.9. The molecule has 0 bridgehead atoms. The average Bonchev–Trinajstić information content (AvgIpc) is 3.46. The Hall–Kier alpha value is -3.39. The van der Waals surface area contributed by atoms with Gasteiger partial charge in [0.2, 0.25) is 0 Å². The van der Waals surface area contributed by atoms with E-state index >= 15 is 0 Å². The van der Waals surface area contributed by atoms with E-state index in [0.29, 0.717) is 16.6 Å². The Morgan fingerprint density at radius 1 is 1.00 bits per heavy atom. The monoisotopic (exact) mass is 454 g/mol. The van der Waals surface area contributed by atoms with Gasteiger partial charge in [-0.15, -0.1) is 0 Å². The summed E-state index contributed by atoms with van der Waals surface area (Å²) in [6, 6.07) is 9.76. The van der Waals surface area contributed by atoms with Crippen LogP contribution in [0, 0.1) is 5.82 Å². The predicted molar refractivity (Wildman–Crippen MR) is 119 cm³/mol. The lowest BCUT2D eigenvalue weighted by atomic mass is 9.98. The first kappa shape index (κ1) is 21.5. The molecule has 0 saturated carbocycles. The number of benzene rings is 2. The van der Waals surface area contributed by atoms with Crippen LogP contribution in [0.3, 0.4) is 0 Å². The van der Waals surface area contributed by atoms with Crippen LogP contribution in [-0.4, -0.2) is 38.7 Å². The second kappa shape index (κ2) is 8.51.